The first-order valence-electron chi connectivity index (χ1n) is 8.24. The molecule has 2 aromatic rings. The number of hydrogen-bond acceptors (Lipinski definition) is 5. The zero-order chi connectivity index (χ0) is 17.1. The molecule has 1 atom stereocenters. The van der Waals surface area contributed by atoms with Crippen LogP contribution in [0.3, 0.4) is 0 Å². The van der Waals surface area contributed by atoms with E-state index in [0.29, 0.717) is 29.9 Å². The number of nitrogens with one attached hydrogen (secondary N) is 1. The molecule has 0 bridgehead atoms. The number of benzene rings is 1. The zero-order valence-electron chi connectivity index (χ0n) is 14.5. The van der Waals surface area contributed by atoms with Gasteiger partial charge in [0.2, 0.25) is 5.89 Å². The van der Waals surface area contributed by atoms with E-state index in [1.54, 1.807) is 6.92 Å². The highest BCUT2D eigenvalue weighted by Gasteiger charge is 2.24. The SMILES string of the molecule is Cc1oc(-c2ccccc2)nc1C(=O)NC[C@H]1CN(C)CCN1C. The van der Waals surface area contributed by atoms with Gasteiger partial charge in [-0.3, -0.25) is 9.69 Å². The third-order valence-corrected chi connectivity index (χ3v) is 4.51. The Morgan fingerprint density at radius 2 is 2.04 bits per heavy atom. The highest BCUT2D eigenvalue weighted by Crippen LogP contribution is 2.21. The van der Waals surface area contributed by atoms with Crippen molar-refractivity contribution in [1.82, 2.24) is 20.1 Å². The topological polar surface area (TPSA) is 61.6 Å². The van der Waals surface area contributed by atoms with Crippen molar-refractivity contribution in [2.75, 3.05) is 40.3 Å². The molecule has 1 aromatic heterocycles. The maximum absolute atomic E-state index is 12.5. The Labute approximate surface area is 142 Å². The lowest BCUT2D eigenvalue weighted by atomic mass is 10.2. The number of piperazine rings is 1. The molecule has 0 radical (unpaired) electrons. The number of aryl methyl sites for hydroxylation is 1. The number of amides is 1. The van der Waals surface area contributed by atoms with Gasteiger partial charge in [0.25, 0.3) is 5.91 Å². The molecule has 3 rings (SSSR count). The summed E-state index contributed by atoms with van der Waals surface area (Å²) in [6.07, 6.45) is 0. The minimum absolute atomic E-state index is 0.181. The summed E-state index contributed by atoms with van der Waals surface area (Å²) in [6, 6.07) is 9.92. The number of carbonyl (C=O) groups excluding carboxylic acids is 1. The minimum atomic E-state index is -0.181. The van der Waals surface area contributed by atoms with Crippen LogP contribution < -0.4 is 5.32 Å². The van der Waals surface area contributed by atoms with Crippen molar-refractivity contribution < 1.29 is 9.21 Å². The summed E-state index contributed by atoms with van der Waals surface area (Å²) in [4.78, 5) is 21.4. The van der Waals surface area contributed by atoms with Crippen molar-refractivity contribution in [1.29, 1.82) is 0 Å². The lowest BCUT2D eigenvalue weighted by molar-refractivity contribution is 0.0876. The summed E-state index contributed by atoms with van der Waals surface area (Å²) < 4.78 is 5.66. The molecule has 1 amide bonds. The van der Waals surface area contributed by atoms with E-state index in [4.69, 9.17) is 4.42 Å². The molecule has 1 saturated heterocycles. The third kappa shape index (κ3) is 3.66. The van der Waals surface area contributed by atoms with Crippen LogP contribution in [0, 0.1) is 6.92 Å². The highest BCUT2D eigenvalue weighted by molar-refractivity contribution is 5.93. The molecule has 0 spiro atoms. The Morgan fingerprint density at radius 1 is 1.29 bits per heavy atom. The smallest absolute Gasteiger partial charge is 0.273 e. The van der Waals surface area contributed by atoms with E-state index < -0.39 is 0 Å². The van der Waals surface area contributed by atoms with E-state index in [9.17, 15) is 4.79 Å². The van der Waals surface area contributed by atoms with Gasteiger partial charge in [-0.25, -0.2) is 4.98 Å². The second-order valence-corrected chi connectivity index (χ2v) is 6.40. The van der Waals surface area contributed by atoms with Crippen molar-refractivity contribution in [2.45, 2.75) is 13.0 Å². The standard InChI is InChI=1S/C18H24N4O2/c1-13-16(20-18(24-13)14-7-5-4-6-8-14)17(23)19-11-15-12-21(2)9-10-22(15)3/h4-8,15H,9-12H2,1-3H3,(H,19,23)/t15-/m0/s1. The van der Waals surface area contributed by atoms with Gasteiger partial charge in [0, 0.05) is 37.8 Å². The van der Waals surface area contributed by atoms with Crippen LogP contribution in [0.5, 0.6) is 0 Å². The molecule has 128 valence electrons. The summed E-state index contributed by atoms with van der Waals surface area (Å²) in [5.41, 5.74) is 1.23. The van der Waals surface area contributed by atoms with Gasteiger partial charge >= 0.3 is 0 Å². The molecular weight excluding hydrogens is 304 g/mol. The predicted molar refractivity (Wildman–Crippen MR) is 92.9 cm³/mol. The fourth-order valence-electron chi connectivity index (χ4n) is 2.93. The maximum atomic E-state index is 12.5. The van der Waals surface area contributed by atoms with Gasteiger partial charge in [0.05, 0.1) is 0 Å². The maximum Gasteiger partial charge on any atom is 0.273 e. The van der Waals surface area contributed by atoms with Crippen molar-refractivity contribution in [3.63, 3.8) is 0 Å². The molecule has 0 saturated carbocycles. The molecule has 1 aliphatic rings. The van der Waals surface area contributed by atoms with Crippen LogP contribution in [0.1, 0.15) is 16.2 Å². The Hall–Kier alpha value is -2.18. The predicted octanol–water partition coefficient (Wildman–Crippen LogP) is 1.63. The molecule has 6 heteroatoms. The molecule has 6 nitrogen and oxygen atoms in total. The van der Waals surface area contributed by atoms with Gasteiger partial charge in [0.1, 0.15) is 5.76 Å². The van der Waals surface area contributed by atoms with E-state index in [1.807, 2.05) is 30.3 Å². The Morgan fingerprint density at radius 3 is 2.79 bits per heavy atom. The average molecular weight is 328 g/mol. The first kappa shape index (κ1) is 16.7. The molecule has 0 unspecified atom stereocenters. The Kier molecular flexibility index (Phi) is 4.97. The zero-order valence-corrected chi connectivity index (χ0v) is 14.5. The third-order valence-electron chi connectivity index (χ3n) is 4.51. The van der Waals surface area contributed by atoms with Crippen LogP contribution in [-0.4, -0.2) is 67.0 Å². The highest BCUT2D eigenvalue weighted by atomic mass is 16.4. The van der Waals surface area contributed by atoms with Crippen LogP contribution in [0.2, 0.25) is 0 Å². The molecule has 1 aromatic carbocycles. The molecule has 2 heterocycles. The molecule has 1 fully saturated rings. The van der Waals surface area contributed by atoms with Crippen molar-refractivity contribution >= 4 is 5.91 Å². The van der Waals surface area contributed by atoms with E-state index in [2.05, 4.69) is 34.2 Å². The number of aromatic nitrogens is 1. The van der Waals surface area contributed by atoms with Crippen LogP contribution in [-0.2, 0) is 0 Å². The van der Waals surface area contributed by atoms with Crippen LogP contribution >= 0.6 is 0 Å². The summed E-state index contributed by atoms with van der Waals surface area (Å²) in [6.45, 7) is 5.40. The number of nitrogens with zero attached hydrogens (tertiary/aromatic N) is 3. The van der Waals surface area contributed by atoms with Crippen molar-refractivity contribution in [2.24, 2.45) is 0 Å². The minimum Gasteiger partial charge on any atom is -0.441 e. The number of hydrogen-bond donors (Lipinski definition) is 1. The molecule has 1 aliphatic heterocycles. The number of oxazole rings is 1. The van der Waals surface area contributed by atoms with Gasteiger partial charge in [-0.1, -0.05) is 18.2 Å². The largest absolute Gasteiger partial charge is 0.441 e. The van der Waals surface area contributed by atoms with E-state index >= 15 is 0 Å². The first-order chi connectivity index (χ1) is 11.5. The second kappa shape index (κ2) is 7.15. The average Bonchev–Trinajstić information content (AvgIpc) is 2.98. The summed E-state index contributed by atoms with van der Waals surface area (Å²) in [5, 5.41) is 3.00. The van der Waals surface area contributed by atoms with Gasteiger partial charge in [0.15, 0.2) is 5.69 Å². The lowest BCUT2D eigenvalue weighted by Gasteiger charge is -2.37. The van der Waals surface area contributed by atoms with Crippen LogP contribution in [0.15, 0.2) is 34.7 Å². The Balaban J connectivity index is 1.66. The lowest BCUT2D eigenvalue weighted by Crippen LogP contribution is -2.54. The van der Waals surface area contributed by atoms with Crippen LogP contribution in [0.4, 0.5) is 0 Å². The molecule has 1 N–H and O–H groups in total. The number of likely N-dealkylation sites (N-methyl/N-ethyl adjacent to an activating group) is 2. The first-order valence-corrected chi connectivity index (χ1v) is 8.24. The second-order valence-electron chi connectivity index (χ2n) is 6.40. The number of rotatable bonds is 4. The quantitative estimate of drug-likeness (QED) is 0.924. The molecule has 24 heavy (non-hydrogen) atoms. The summed E-state index contributed by atoms with van der Waals surface area (Å²) in [5.74, 6) is 0.841. The molecular formula is C18H24N4O2. The fourth-order valence-corrected chi connectivity index (χ4v) is 2.93. The number of carbonyl (C=O) groups is 1. The normalized spacial score (nSPS) is 19.4. The van der Waals surface area contributed by atoms with Gasteiger partial charge in [-0.15, -0.1) is 0 Å². The van der Waals surface area contributed by atoms with Crippen molar-refractivity contribution in [3.05, 3.63) is 41.8 Å². The van der Waals surface area contributed by atoms with E-state index in [-0.39, 0.29) is 5.91 Å². The molecule has 0 aliphatic carbocycles. The monoisotopic (exact) mass is 328 g/mol. The van der Waals surface area contributed by atoms with E-state index in [0.717, 1.165) is 25.2 Å². The van der Waals surface area contributed by atoms with Gasteiger partial charge < -0.3 is 14.6 Å². The van der Waals surface area contributed by atoms with Crippen molar-refractivity contribution in [3.8, 4) is 11.5 Å². The Bertz CT molecular complexity index is 698. The fraction of sp³-hybridized carbons (Fsp3) is 0.444. The van der Waals surface area contributed by atoms with Gasteiger partial charge in [-0.05, 0) is 33.2 Å². The van der Waals surface area contributed by atoms with Gasteiger partial charge in [-0.2, -0.15) is 0 Å². The summed E-state index contributed by atoms with van der Waals surface area (Å²) in [7, 11) is 4.20. The van der Waals surface area contributed by atoms with Crippen LogP contribution in [0.25, 0.3) is 11.5 Å². The summed E-state index contributed by atoms with van der Waals surface area (Å²) >= 11 is 0. The van der Waals surface area contributed by atoms with E-state index in [1.165, 1.54) is 0 Å².